The van der Waals surface area contributed by atoms with E-state index in [4.69, 9.17) is 0 Å². The maximum Gasteiger partial charge on any atom is 0.249 e. The van der Waals surface area contributed by atoms with Gasteiger partial charge in [0.15, 0.2) is 5.65 Å². The largest absolute Gasteiger partial charge is 0.370 e. The summed E-state index contributed by atoms with van der Waals surface area (Å²) in [4.78, 5) is 18.7. The minimum Gasteiger partial charge on any atom is -0.370 e. The van der Waals surface area contributed by atoms with Crippen LogP contribution in [0.15, 0.2) is 72.8 Å². The Morgan fingerprint density at radius 2 is 1.80 bits per heavy atom. The number of pyridine rings is 1. The molecule has 1 fully saturated rings. The molecule has 0 unspecified atom stereocenters. The molecule has 4 aromatic rings. The Morgan fingerprint density at radius 1 is 1.03 bits per heavy atom. The molecule has 0 aliphatic heterocycles. The van der Waals surface area contributed by atoms with Crippen LogP contribution in [0.4, 0.5) is 11.6 Å². The van der Waals surface area contributed by atoms with E-state index in [-0.39, 0.29) is 11.8 Å². The highest BCUT2D eigenvalue weighted by molar-refractivity contribution is 5.92. The van der Waals surface area contributed by atoms with Gasteiger partial charge in [0, 0.05) is 30.8 Å². The maximum atomic E-state index is 12.0. The summed E-state index contributed by atoms with van der Waals surface area (Å²) in [5.74, 6) is 0.494. The van der Waals surface area contributed by atoms with Gasteiger partial charge in [0.2, 0.25) is 11.9 Å². The van der Waals surface area contributed by atoms with E-state index in [9.17, 15) is 4.79 Å². The smallest absolute Gasteiger partial charge is 0.249 e. The molecule has 2 aromatic carbocycles. The number of fused-ring (bicyclic) bond motifs is 1. The normalized spacial score (nSPS) is 13.4. The lowest BCUT2D eigenvalue weighted by molar-refractivity contribution is -0.117. The second-order valence-corrected chi connectivity index (χ2v) is 7.77. The number of hydrogen-bond acceptors (Lipinski definition) is 4. The van der Waals surface area contributed by atoms with Crippen LogP contribution >= 0.6 is 0 Å². The minimum absolute atomic E-state index is 0.0123. The molecule has 150 valence electrons. The second-order valence-electron chi connectivity index (χ2n) is 7.77. The Bertz CT molecular complexity index is 1180. The number of hydrogen-bond donors (Lipinski definition) is 1. The van der Waals surface area contributed by atoms with Crippen LogP contribution in [0, 0.1) is 5.92 Å². The van der Waals surface area contributed by atoms with Gasteiger partial charge in [0.05, 0.1) is 5.69 Å². The van der Waals surface area contributed by atoms with Gasteiger partial charge >= 0.3 is 0 Å². The number of benzene rings is 2. The lowest BCUT2D eigenvalue weighted by Gasteiger charge is -2.19. The molecule has 0 bridgehead atoms. The van der Waals surface area contributed by atoms with Gasteiger partial charge in [-0.1, -0.05) is 48.5 Å². The molecule has 0 radical (unpaired) electrons. The molecule has 30 heavy (non-hydrogen) atoms. The number of anilines is 2. The summed E-state index contributed by atoms with van der Waals surface area (Å²) in [6.45, 7) is 0.850. The van der Waals surface area contributed by atoms with Crippen molar-refractivity contribution in [2.45, 2.75) is 19.4 Å². The summed E-state index contributed by atoms with van der Waals surface area (Å²) in [6, 6.07) is 24.7. The average Bonchev–Trinajstić information content (AvgIpc) is 3.54. The molecule has 6 heteroatoms. The number of nitrogens with zero attached hydrogens (tertiary/aromatic N) is 4. The van der Waals surface area contributed by atoms with Gasteiger partial charge in [-0.05, 0) is 42.7 Å². The number of carbonyl (C=O) groups is 1. The quantitative estimate of drug-likeness (QED) is 0.524. The maximum absolute atomic E-state index is 12.0. The molecule has 6 nitrogen and oxygen atoms in total. The van der Waals surface area contributed by atoms with Gasteiger partial charge in [-0.15, -0.1) is 5.10 Å². The Balaban J connectivity index is 1.38. The van der Waals surface area contributed by atoms with Crippen molar-refractivity contribution in [3.05, 3.63) is 78.4 Å². The lowest BCUT2D eigenvalue weighted by Crippen LogP contribution is -2.16. The van der Waals surface area contributed by atoms with Crippen molar-refractivity contribution in [1.82, 2.24) is 14.6 Å². The number of nitrogens with one attached hydrogen (secondary N) is 1. The van der Waals surface area contributed by atoms with Crippen molar-refractivity contribution in [3.8, 4) is 11.3 Å². The molecule has 0 atom stereocenters. The van der Waals surface area contributed by atoms with Crippen molar-refractivity contribution >= 4 is 23.2 Å². The van der Waals surface area contributed by atoms with E-state index < -0.39 is 0 Å². The molecule has 1 aliphatic carbocycles. The SMILES string of the molecule is CN(Cc1ccccc1)c1ccc(-c2cccc3nc(NC(=O)C4CC4)nn23)cc1. The van der Waals surface area contributed by atoms with Crippen molar-refractivity contribution in [2.75, 3.05) is 17.3 Å². The third kappa shape index (κ3) is 3.76. The zero-order valence-corrected chi connectivity index (χ0v) is 16.8. The van der Waals surface area contributed by atoms with Gasteiger partial charge < -0.3 is 4.90 Å². The first-order chi connectivity index (χ1) is 14.7. The van der Waals surface area contributed by atoms with Gasteiger partial charge in [-0.3, -0.25) is 10.1 Å². The summed E-state index contributed by atoms with van der Waals surface area (Å²) >= 11 is 0. The Morgan fingerprint density at radius 3 is 2.53 bits per heavy atom. The molecule has 2 heterocycles. The fourth-order valence-electron chi connectivity index (χ4n) is 3.57. The predicted octanol–water partition coefficient (Wildman–Crippen LogP) is 4.38. The Hall–Kier alpha value is -3.67. The van der Waals surface area contributed by atoms with Crippen molar-refractivity contribution in [3.63, 3.8) is 0 Å². The van der Waals surface area contributed by atoms with Gasteiger partial charge in [0.25, 0.3) is 0 Å². The van der Waals surface area contributed by atoms with E-state index >= 15 is 0 Å². The van der Waals surface area contributed by atoms with Crippen LogP contribution in [-0.2, 0) is 11.3 Å². The van der Waals surface area contributed by atoms with E-state index in [1.807, 2.05) is 24.3 Å². The van der Waals surface area contributed by atoms with Crippen LogP contribution in [0.25, 0.3) is 16.9 Å². The van der Waals surface area contributed by atoms with Crippen LogP contribution in [-0.4, -0.2) is 27.6 Å². The second kappa shape index (κ2) is 7.63. The monoisotopic (exact) mass is 397 g/mol. The van der Waals surface area contributed by atoms with E-state index in [0.717, 1.165) is 36.3 Å². The van der Waals surface area contributed by atoms with Crippen LogP contribution in [0.5, 0.6) is 0 Å². The standard InChI is InChI=1S/C24H23N5O/c1-28(16-17-6-3-2-4-7-17)20-14-12-18(13-15-20)21-8-5-9-22-25-24(27-29(21)22)26-23(30)19-10-11-19/h2-9,12-15,19H,10-11,16H2,1H3,(H,26,27,30). The molecule has 2 aromatic heterocycles. The highest BCUT2D eigenvalue weighted by Gasteiger charge is 2.30. The highest BCUT2D eigenvalue weighted by Crippen LogP contribution is 2.30. The first-order valence-corrected chi connectivity index (χ1v) is 10.2. The molecule has 1 aliphatic rings. The number of carbonyl (C=O) groups excluding carboxylic acids is 1. The van der Waals surface area contributed by atoms with E-state index in [1.54, 1.807) is 4.52 Å². The average molecular weight is 397 g/mol. The molecular weight excluding hydrogens is 374 g/mol. The summed E-state index contributed by atoms with van der Waals surface area (Å²) in [5.41, 5.74) is 5.11. The topological polar surface area (TPSA) is 62.5 Å². The third-order valence-electron chi connectivity index (χ3n) is 5.41. The van der Waals surface area contributed by atoms with E-state index in [0.29, 0.717) is 11.6 Å². The zero-order valence-electron chi connectivity index (χ0n) is 16.8. The molecule has 1 saturated carbocycles. The summed E-state index contributed by atoms with van der Waals surface area (Å²) < 4.78 is 1.78. The first kappa shape index (κ1) is 18.4. The molecule has 0 saturated heterocycles. The van der Waals surface area contributed by atoms with Crippen molar-refractivity contribution in [2.24, 2.45) is 5.92 Å². The highest BCUT2D eigenvalue weighted by atomic mass is 16.2. The minimum atomic E-state index is 0.0123. The van der Waals surface area contributed by atoms with Gasteiger partial charge in [0.1, 0.15) is 0 Å². The fourth-order valence-corrected chi connectivity index (χ4v) is 3.57. The molecule has 1 N–H and O–H groups in total. The summed E-state index contributed by atoms with van der Waals surface area (Å²) in [7, 11) is 2.09. The first-order valence-electron chi connectivity index (χ1n) is 10.2. The number of rotatable bonds is 6. The van der Waals surface area contributed by atoms with E-state index in [1.165, 1.54) is 5.56 Å². The Labute approximate surface area is 175 Å². The van der Waals surface area contributed by atoms with E-state index in [2.05, 4.69) is 75.9 Å². The van der Waals surface area contributed by atoms with Crippen LogP contribution in [0.1, 0.15) is 18.4 Å². The fraction of sp³-hybridized carbons (Fsp3) is 0.208. The zero-order chi connectivity index (χ0) is 20.5. The molecule has 5 rings (SSSR count). The lowest BCUT2D eigenvalue weighted by atomic mass is 10.1. The van der Waals surface area contributed by atoms with Crippen LogP contribution in [0.3, 0.4) is 0 Å². The van der Waals surface area contributed by atoms with Crippen LogP contribution in [0.2, 0.25) is 0 Å². The predicted molar refractivity (Wildman–Crippen MR) is 118 cm³/mol. The Kier molecular flexibility index (Phi) is 4.67. The number of aromatic nitrogens is 3. The van der Waals surface area contributed by atoms with Gasteiger partial charge in [-0.25, -0.2) is 4.52 Å². The summed E-state index contributed by atoms with van der Waals surface area (Å²) in [5, 5.41) is 7.35. The summed E-state index contributed by atoms with van der Waals surface area (Å²) in [6.07, 6.45) is 1.91. The van der Waals surface area contributed by atoms with Crippen molar-refractivity contribution in [1.29, 1.82) is 0 Å². The van der Waals surface area contributed by atoms with Gasteiger partial charge in [-0.2, -0.15) is 4.98 Å². The third-order valence-corrected chi connectivity index (χ3v) is 5.41. The molecule has 0 spiro atoms. The number of amides is 1. The van der Waals surface area contributed by atoms with Crippen molar-refractivity contribution < 1.29 is 4.79 Å². The molecular formula is C24H23N5O. The van der Waals surface area contributed by atoms with Crippen LogP contribution < -0.4 is 10.2 Å². The molecule has 1 amide bonds.